The Bertz CT molecular complexity index is 714. The van der Waals surface area contributed by atoms with Crippen molar-refractivity contribution in [3.05, 3.63) is 29.8 Å². The minimum absolute atomic E-state index is 0.00784. The molecule has 1 N–H and O–H groups in total. The average Bonchev–Trinajstić information content (AvgIpc) is 3.26. The Morgan fingerprint density at radius 3 is 2.25 bits per heavy atom. The molecule has 0 aliphatic heterocycles. The fourth-order valence-electron chi connectivity index (χ4n) is 1.84. The van der Waals surface area contributed by atoms with Gasteiger partial charge in [0.2, 0.25) is 10.0 Å². The number of carbonyl (C=O) groups is 2. The molecule has 0 atom stereocenters. The van der Waals surface area contributed by atoms with E-state index in [1.165, 1.54) is 24.3 Å². The molecule has 1 aliphatic rings. The van der Waals surface area contributed by atoms with Gasteiger partial charge in [-0.2, -0.15) is 0 Å². The van der Waals surface area contributed by atoms with Gasteiger partial charge in [0.05, 0.1) is 10.5 Å². The van der Waals surface area contributed by atoms with E-state index >= 15 is 0 Å². The third kappa shape index (κ3) is 5.61. The van der Waals surface area contributed by atoms with Gasteiger partial charge in [-0.25, -0.2) is 22.7 Å². The van der Waals surface area contributed by atoms with Crippen molar-refractivity contribution < 1.29 is 27.5 Å². The minimum atomic E-state index is -3.56. The number of rotatable bonds is 6. The number of esters is 2. The average molecular weight is 355 g/mol. The monoisotopic (exact) mass is 355 g/mol. The lowest BCUT2D eigenvalue weighted by molar-refractivity contribution is -0.158. The predicted octanol–water partition coefficient (Wildman–Crippen LogP) is 1.63. The summed E-state index contributed by atoms with van der Waals surface area (Å²) in [5.41, 5.74) is -0.502. The highest BCUT2D eigenvalue weighted by Crippen LogP contribution is 2.22. The van der Waals surface area contributed by atoms with Gasteiger partial charge in [0.25, 0.3) is 0 Å². The molecule has 1 fully saturated rings. The fourth-order valence-corrected chi connectivity index (χ4v) is 3.14. The normalized spacial score (nSPS) is 15.0. The summed E-state index contributed by atoms with van der Waals surface area (Å²) in [5.74, 6) is -1.37. The molecular weight excluding hydrogens is 334 g/mol. The van der Waals surface area contributed by atoms with Crippen LogP contribution in [-0.4, -0.2) is 38.6 Å². The minimum Gasteiger partial charge on any atom is -0.457 e. The first kappa shape index (κ1) is 18.4. The van der Waals surface area contributed by atoms with Crippen LogP contribution in [0.1, 0.15) is 44.0 Å². The van der Waals surface area contributed by atoms with Crippen molar-refractivity contribution in [2.75, 3.05) is 6.61 Å². The summed E-state index contributed by atoms with van der Waals surface area (Å²) in [4.78, 5) is 23.5. The Kier molecular flexibility index (Phi) is 5.29. The standard InChI is InChI=1S/C16H21NO6S/c1-16(2,3)23-14(18)10-22-15(19)11-4-8-13(9-5-11)24(20,21)17-12-6-7-12/h4-5,8-9,12,17H,6-7,10H2,1-3H3. The zero-order valence-electron chi connectivity index (χ0n) is 13.9. The van der Waals surface area contributed by atoms with Crippen LogP contribution in [0.3, 0.4) is 0 Å². The van der Waals surface area contributed by atoms with Gasteiger partial charge in [-0.05, 0) is 57.9 Å². The number of carbonyl (C=O) groups excluding carboxylic acids is 2. The Balaban J connectivity index is 1.92. The van der Waals surface area contributed by atoms with Crippen molar-refractivity contribution >= 4 is 22.0 Å². The van der Waals surface area contributed by atoms with Crippen LogP contribution in [0.5, 0.6) is 0 Å². The van der Waals surface area contributed by atoms with Crippen LogP contribution in [0.2, 0.25) is 0 Å². The molecule has 0 amide bonds. The van der Waals surface area contributed by atoms with Gasteiger partial charge < -0.3 is 9.47 Å². The van der Waals surface area contributed by atoms with E-state index in [4.69, 9.17) is 9.47 Å². The fraction of sp³-hybridized carbons (Fsp3) is 0.500. The number of benzene rings is 1. The molecule has 1 aromatic carbocycles. The molecule has 7 nitrogen and oxygen atoms in total. The van der Waals surface area contributed by atoms with Crippen molar-refractivity contribution in [1.82, 2.24) is 4.72 Å². The quantitative estimate of drug-likeness (QED) is 0.779. The molecule has 8 heteroatoms. The lowest BCUT2D eigenvalue weighted by Gasteiger charge is -2.19. The highest BCUT2D eigenvalue weighted by molar-refractivity contribution is 7.89. The van der Waals surface area contributed by atoms with Crippen molar-refractivity contribution in [1.29, 1.82) is 0 Å². The molecule has 1 aromatic rings. The highest BCUT2D eigenvalue weighted by Gasteiger charge is 2.28. The van der Waals surface area contributed by atoms with Gasteiger partial charge in [-0.15, -0.1) is 0 Å². The first-order chi connectivity index (χ1) is 11.1. The molecule has 1 aliphatic carbocycles. The van der Waals surface area contributed by atoms with E-state index in [9.17, 15) is 18.0 Å². The molecular formula is C16H21NO6S. The predicted molar refractivity (Wildman–Crippen MR) is 85.9 cm³/mol. The molecule has 0 aromatic heterocycles. The second-order valence-electron chi connectivity index (χ2n) is 6.58. The van der Waals surface area contributed by atoms with Crippen LogP contribution in [0.15, 0.2) is 29.2 Å². The SMILES string of the molecule is CC(C)(C)OC(=O)COC(=O)c1ccc(S(=O)(=O)NC2CC2)cc1. The van der Waals surface area contributed by atoms with Crippen molar-refractivity contribution in [3.63, 3.8) is 0 Å². The van der Waals surface area contributed by atoms with Crippen molar-refractivity contribution in [2.45, 2.75) is 50.2 Å². The van der Waals surface area contributed by atoms with Crippen LogP contribution in [-0.2, 0) is 24.3 Å². The summed E-state index contributed by atoms with van der Waals surface area (Å²) in [5, 5.41) is 0. The topological polar surface area (TPSA) is 98.8 Å². The molecule has 1 saturated carbocycles. The molecule has 0 saturated heterocycles. The molecule has 0 heterocycles. The van der Waals surface area contributed by atoms with Crippen molar-refractivity contribution in [3.8, 4) is 0 Å². The third-order valence-corrected chi connectivity index (χ3v) is 4.58. The Morgan fingerprint density at radius 2 is 1.75 bits per heavy atom. The van der Waals surface area contributed by atoms with Gasteiger partial charge in [-0.3, -0.25) is 0 Å². The summed E-state index contributed by atoms with van der Waals surface area (Å²) < 4.78 is 36.5. The zero-order chi connectivity index (χ0) is 18.0. The Labute approximate surface area is 141 Å². The van der Waals surface area contributed by atoms with Gasteiger partial charge in [0, 0.05) is 6.04 Å². The summed E-state index contributed by atoms with van der Waals surface area (Å²) in [7, 11) is -3.56. The molecule has 0 spiro atoms. The maximum absolute atomic E-state index is 12.0. The summed E-state index contributed by atoms with van der Waals surface area (Å²) >= 11 is 0. The number of hydrogen-bond donors (Lipinski definition) is 1. The van der Waals surface area contributed by atoms with E-state index in [0.717, 1.165) is 12.8 Å². The first-order valence-electron chi connectivity index (χ1n) is 7.58. The molecule has 24 heavy (non-hydrogen) atoms. The van der Waals surface area contributed by atoms with E-state index in [2.05, 4.69) is 4.72 Å². The van der Waals surface area contributed by atoms with Crippen molar-refractivity contribution in [2.24, 2.45) is 0 Å². The second kappa shape index (κ2) is 6.90. The molecule has 132 valence electrons. The number of ether oxygens (including phenoxy) is 2. The van der Waals surface area contributed by atoms with E-state index in [-0.39, 0.29) is 16.5 Å². The first-order valence-corrected chi connectivity index (χ1v) is 9.06. The van der Waals surface area contributed by atoms with E-state index < -0.39 is 34.2 Å². The van der Waals surface area contributed by atoms with Crippen LogP contribution in [0.4, 0.5) is 0 Å². The van der Waals surface area contributed by atoms with E-state index in [1.807, 2.05) is 0 Å². The Hall–Kier alpha value is -1.93. The van der Waals surface area contributed by atoms with E-state index in [0.29, 0.717) is 0 Å². The third-order valence-electron chi connectivity index (χ3n) is 3.04. The van der Waals surface area contributed by atoms with Crippen LogP contribution >= 0.6 is 0 Å². The largest absolute Gasteiger partial charge is 0.457 e. The van der Waals surface area contributed by atoms with E-state index in [1.54, 1.807) is 20.8 Å². The van der Waals surface area contributed by atoms with Gasteiger partial charge in [-0.1, -0.05) is 0 Å². The summed E-state index contributed by atoms with van der Waals surface area (Å²) in [6.45, 7) is 4.63. The number of sulfonamides is 1. The lowest BCUT2D eigenvalue weighted by atomic mass is 10.2. The molecule has 0 bridgehead atoms. The van der Waals surface area contributed by atoms with Crippen LogP contribution in [0.25, 0.3) is 0 Å². The highest BCUT2D eigenvalue weighted by atomic mass is 32.2. The number of nitrogens with one attached hydrogen (secondary N) is 1. The second-order valence-corrected chi connectivity index (χ2v) is 8.30. The molecule has 0 radical (unpaired) electrons. The van der Waals surface area contributed by atoms with Crippen LogP contribution < -0.4 is 4.72 Å². The maximum Gasteiger partial charge on any atom is 0.344 e. The van der Waals surface area contributed by atoms with Crippen LogP contribution in [0, 0.1) is 0 Å². The summed E-state index contributed by atoms with van der Waals surface area (Å²) in [6, 6.07) is 5.36. The Morgan fingerprint density at radius 1 is 1.17 bits per heavy atom. The van der Waals surface area contributed by atoms with Gasteiger partial charge in [0.15, 0.2) is 6.61 Å². The number of hydrogen-bond acceptors (Lipinski definition) is 6. The summed E-state index contributed by atoms with van der Waals surface area (Å²) in [6.07, 6.45) is 1.68. The van der Waals surface area contributed by atoms with Gasteiger partial charge >= 0.3 is 11.9 Å². The molecule has 2 rings (SSSR count). The zero-order valence-corrected chi connectivity index (χ0v) is 14.7. The molecule has 0 unspecified atom stereocenters. The smallest absolute Gasteiger partial charge is 0.344 e. The lowest BCUT2D eigenvalue weighted by Crippen LogP contribution is -2.27. The maximum atomic E-state index is 12.0. The van der Waals surface area contributed by atoms with Gasteiger partial charge in [0.1, 0.15) is 5.60 Å².